The second-order valence-electron chi connectivity index (χ2n) is 5.53. The summed E-state index contributed by atoms with van der Waals surface area (Å²) in [6, 6.07) is 2.07. The number of hydrogen-bond donors (Lipinski definition) is 1. The van der Waals surface area contributed by atoms with E-state index in [1.807, 2.05) is 12.4 Å². The van der Waals surface area contributed by atoms with Gasteiger partial charge in [-0.2, -0.15) is 0 Å². The monoisotopic (exact) mass is 272 g/mol. The van der Waals surface area contributed by atoms with Crippen LogP contribution in [0.5, 0.6) is 0 Å². The van der Waals surface area contributed by atoms with E-state index in [0.29, 0.717) is 6.42 Å². The van der Waals surface area contributed by atoms with E-state index in [1.54, 1.807) is 0 Å². The molecular formula is C15H20N4O. The molecule has 0 aliphatic carbocycles. The van der Waals surface area contributed by atoms with Crippen LogP contribution in [-0.4, -0.2) is 34.0 Å². The number of nitrogens with two attached hydrogens (primary N) is 1. The van der Waals surface area contributed by atoms with Gasteiger partial charge >= 0.3 is 0 Å². The summed E-state index contributed by atoms with van der Waals surface area (Å²) in [6.07, 6.45) is 6.08. The summed E-state index contributed by atoms with van der Waals surface area (Å²) in [7, 11) is 2.15. The van der Waals surface area contributed by atoms with Crippen LogP contribution in [0.1, 0.15) is 24.1 Å². The minimum absolute atomic E-state index is 0.225. The van der Waals surface area contributed by atoms with Gasteiger partial charge in [0, 0.05) is 55.9 Å². The van der Waals surface area contributed by atoms with Crippen molar-refractivity contribution in [2.24, 2.45) is 5.73 Å². The van der Waals surface area contributed by atoms with Crippen molar-refractivity contribution in [2.45, 2.75) is 32.4 Å². The van der Waals surface area contributed by atoms with Crippen molar-refractivity contribution in [1.82, 2.24) is 14.5 Å². The zero-order valence-corrected chi connectivity index (χ0v) is 11.8. The Morgan fingerprint density at radius 2 is 2.35 bits per heavy atom. The molecule has 20 heavy (non-hydrogen) atoms. The zero-order valence-electron chi connectivity index (χ0n) is 11.8. The number of carbonyl (C=O) groups excluding carboxylic acids is 1. The van der Waals surface area contributed by atoms with Crippen molar-refractivity contribution in [3.8, 4) is 0 Å². The summed E-state index contributed by atoms with van der Waals surface area (Å²) in [5, 5.41) is 1.24. The fraction of sp³-hybridized carbons (Fsp3) is 0.467. The first-order chi connectivity index (χ1) is 9.66. The highest BCUT2D eigenvalue weighted by Crippen LogP contribution is 2.30. The second-order valence-corrected chi connectivity index (χ2v) is 5.53. The molecule has 1 aliphatic heterocycles. The largest absolute Gasteiger partial charge is 0.370 e. The van der Waals surface area contributed by atoms with Crippen LogP contribution in [-0.2, 0) is 24.3 Å². The third-order valence-corrected chi connectivity index (χ3v) is 4.05. The van der Waals surface area contributed by atoms with E-state index in [4.69, 9.17) is 5.73 Å². The van der Waals surface area contributed by atoms with E-state index in [9.17, 15) is 4.79 Å². The molecule has 0 atom stereocenters. The maximum atomic E-state index is 10.9. The summed E-state index contributed by atoms with van der Waals surface area (Å²) in [5.41, 5.74) is 9.25. The van der Waals surface area contributed by atoms with E-state index in [-0.39, 0.29) is 5.91 Å². The molecule has 0 spiro atoms. The van der Waals surface area contributed by atoms with Crippen LogP contribution >= 0.6 is 0 Å². The van der Waals surface area contributed by atoms with Gasteiger partial charge in [-0.25, -0.2) is 0 Å². The molecule has 0 unspecified atom stereocenters. The number of rotatable bonds is 4. The number of primary amides is 1. The van der Waals surface area contributed by atoms with E-state index < -0.39 is 0 Å². The highest BCUT2D eigenvalue weighted by Gasteiger charge is 2.22. The van der Waals surface area contributed by atoms with Gasteiger partial charge in [-0.15, -0.1) is 0 Å². The summed E-state index contributed by atoms with van der Waals surface area (Å²) < 4.78 is 2.35. The number of aryl methyl sites for hydroxylation is 1. The predicted molar refractivity (Wildman–Crippen MR) is 78.2 cm³/mol. The number of likely N-dealkylation sites (N-methyl/N-ethyl adjacent to an activating group) is 1. The van der Waals surface area contributed by atoms with Gasteiger partial charge in [0.2, 0.25) is 5.91 Å². The van der Waals surface area contributed by atoms with E-state index in [0.717, 1.165) is 32.5 Å². The molecule has 2 aromatic heterocycles. The van der Waals surface area contributed by atoms with Crippen molar-refractivity contribution >= 4 is 16.8 Å². The molecule has 106 valence electrons. The average molecular weight is 272 g/mol. The number of hydrogen-bond acceptors (Lipinski definition) is 3. The van der Waals surface area contributed by atoms with Crippen LogP contribution in [0.2, 0.25) is 0 Å². The third kappa shape index (κ3) is 2.29. The van der Waals surface area contributed by atoms with Crippen LogP contribution in [0.4, 0.5) is 0 Å². The molecule has 3 rings (SSSR count). The summed E-state index contributed by atoms with van der Waals surface area (Å²) in [5.74, 6) is -0.225. The molecule has 2 aromatic rings. The Morgan fingerprint density at radius 3 is 3.15 bits per heavy atom. The van der Waals surface area contributed by atoms with Gasteiger partial charge in [-0.05, 0) is 25.1 Å². The number of carbonyl (C=O) groups is 1. The first-order valence-electron chi connectivity index (χ1n) is 7.07. The maximum absolute atomic E-state index is 10.9. The zero-order chi connectivity index (χ0) is 14.1. The smallest absolute Gasteiger partial charge is 0.217 e. The predicted octanol–water partition coefficient (Wildman–Crippen LogP) is 1.29. The summed E-state index contributed by atoms with van der Waals surface area (Å²) >= 11 is 0. The molecule has 0 saturated heterocycles. The van der Waals surface area contributed by atoms with Gasteiger partial charge in [0.05, 0.1) is 5.52 Å². The van der Waals surface area contributed by atoms with Gasteiger partial charge in [-0.1, -0.05) is 0 Å². The second kappa shape index (κ2) is 5.25. The third-order valence-electron chi connectivity index (χ3n) is 4.05. The van der Waals surface area contributed by atoms with Crippen LogP contribution < -0.4 is 5.73 Å². The molecule has 0 radical (unpaired) electrons. The van der Waals surface area contributed by atoms with Crippen molar-refractivity contribution < 1.29 is 4.79 Å². The van der Waals surface area contributed by atoms with E-state index in [1.165, 1.54) is 22.2 Å². The molecule has 5 heteroatoms. The minimum Gasteiger partial charge on any atom is -0.370 e. The Balaban J connectivity index is 2.00. The standard InChI is InChI=1S/C15H20N4O/c1-18-8-5-14-12(10-18)11-9-17-6-4-13(11)19(14)7-2-3-15(16)20/h4,6,9H,2-3,5,7-8,10H2,1H3,(H2,16,20). The number of aromatic nitrogens is 2. The SMILES string of the molecule is CN1CCc2c(c3cnccc3n2CCCC(N)=O)C1. The molecule has 1 amide bonds. The number of fused-ring (bicyclic) bond motifs is 3. The maximum Gasteiger partial charge on any atom is 0.217 e. The molecule has 3 heterocycles. The van der Waals surface area contributed by atoms with E-state index in [2.05, 4.69) is 27.6 Å². The highest BCUT2D eigenvalue weighted by molar-refractivity contribution is 5.85. The Bertz CT molecular complexity index is 647. The van der Waals surface area contributed by atoms with Crippen LogP contribution in [0.15, 0.2) is 18.5 Å². The van der Waals surface area contributed by atoms with Crippen LogP contribution in [0.25, 0.3) is 10.9 Å². The normalized spacial score (nSPS) is 15.4. The van der Waals surface area contributed by atoms with Gasteiger partial charge in [0.25, 0.3) is 0 Å². The average Bonchev–Trinajstić information content (AvgIpc) is 2.73. The quantitative estimate of drug-likeness (QED) is 0.912. The molecule has 0 saturated carbocycles. The fourth-order valence-electron chi connectivity index (χ4n) is 3.09. The van der Waals surface area contributed by atoms with Gasteiger partial charge in [0.15, 0.2) is 0 Å². The summed E-state index contributed by atoms with van der Waals surface area (Å²) in [4.78, 5) is 17.5. The lowest BCUT2D eigenvalue weighted by molar-refractivity contribution is -0.118. The Morgan fingerprint density at radius 1 is 1.50 bits per heavy atom. The van der Waals surface area contributed by atoms with Crippen molar-refractivity contribution in [3.63, 3.8) is 0 Å². The lowest BCUT2D eigenvalue weighted by Crippen LogP contribution is -2.27. The molecule has 0 fully saturated rings. The number of nitrogens with zero attached hydrogens (tertiary/aromatic N) is 3. The molecule has 1 aliphatic rings. The van der Waals surface area contributed by atoms with Crippen molar-refractivity contribution in [3.05, 3.63) is 29.7 Å². The topological polar surface area (TPSA) is 64.2 Å². The first-order valence-corrected chi connectivity index (χ1v) is 7.07. The highest BCUT2D eigenvalue weighted by atomic mass is 16.1. The lowest BCUT2D eigenvalue weighted by Gasteiger charge is -2.24. The van der Waals surface area contributed by atoms with Crippen LogP contribution in [0.3, 0.4) is 0 Å². The van der Waals surface area contributed by atoms with Gasteiger partial charge < -0.3 is 15.2 Å². The van der Waals surface area contributed by atoms with Crippen LogP contribution in [0, 0.1) is 0 Å². The molecule has 0 bridgehead atoms. The molecule has 5 nitrogen and oxygen atoms in total. The number of amides is 1. The fourth-order valence-corrected chi connectivity index (χ4v) is 3.09. The lowest BCUT2D eigenvalue weighted by atomic mass is 10.1. The minimum atomic E-state index is -0.225. The van der Waals surface area contributed by atoms with Gasteiger partial charge in [0.1, 0.15) is 0 Å². The molecular weight excluding hydrogens is 252 g/mol. The van der Waals surface area contributed by atoms with Crippen molar-refractivity contribution in [2.75, 3.05) is 13.6 Å². The Kier molecular flexibility index (Phi) is 3.44. The molecule has 0 aromatic carbocycles. The van der Waals surface area contributed by atoms with Crippen molar-refractivity contribution in [1.29, 1.82) is 0 Å². The first kappa shape index (κ1) is 13.1. The van der Waals surface area contributed by atoms with Gasteiger partial charge in [-0.3, -0.25) is 9.78 Å². The van der Waals surface area contributed by atoms with E-state index >= 15 is 0 Å². The summed E-state index contributed by atoms with van der Waals surface area (Å²) in [6.45, 7) is 2.90. The Hall–Kier alpha value is -1.88. The Labute approximate surface area is 118 Å². The number of pyridine rings is 1. The molecule has 2 N–H and O–H groups in total.